The summed E-state index contributed by atoms with van der Waals surface area (Å²) in [5, 5.41) is 9.51. The summed E-state index contributed by atoms with van der Waals surface area (Å²) in [6, 6.07) is 5.95. The molecule has 1 N–H and O–H groups in total. The van der Waals surface area contributed by atoms with Crippen LogP contribution in [-0.4, -0.2) is 32.4 Å². The number of benzene rings is 1. The van der Waals surface area contributed by atoms with Crippen molar-refractivity contribution in [1.29, 1.82) is 0 Å². The second kappa shape index (κ2) is 6.23. The highest BCUT2D eigenvalue weighted by Crippen LogP contribution is 2.27. The third kappa shape index (κ3) is 3.47. The van der Waals surface area contributed by atoms with Crippen LogP contribution in [0.3, 0.4) is 0 Å². The fourth-order valence-corrected chi connectivity index (χ4v) is 2.15. The molecule has 0 amide bonds. The molecule has 16 heavy (non-hydrogen) atoms. The van der Waals surface area contributed by atoms with Gasteiger partial charge in [0.15, 0.2) is 0 Å². The third-order valence-corrected chi connectivity index (χ3v) is 3.19. The van der Waals surface area contributed by atoms with Crippen molar-refractivity contribution in [3.05, 3.63) is 28.2 Å². The maximum absolute atomic E-state index is 9.51. The summed E-state index contributed by atoms with van der Waals surface area (Å²) in [4.78, 5) is 2.11. The molecule has 4 heteroatoms. The van der Waals surface area contributed by atoms with Gasteiger partial charge in [0.25, 0.3) is 0 Å². The zero-order valence-corrected chi connectivity index (χ0v) is 11.5. The number of aliphatic hydroxyl groups is 1. The lowest BCUT2D eigenvalue weighted by molar-refractivity contribution is 0.198. The van der Waals surface area contributed by atoms with Gasteiger partial charge in [-0.1, -0.05) is 22.0 Å². The van der Waals surface area contributed by atoms with Crippen LogP contribution in [0.5, 0.6) is 0 Å². The highest BCUT2D eigenvalue weighted by Gasteiger charge is 2.08. The zero-order valence-electron chi connectivity index (χ0n) is 9.90. The van der Waals surface area contributed by atoms with E-state index in [4.69, 9.17) is 4.74 Å². The number of aliphatic hydroxyl groups excluding tert-OH is 1. The van der Waals surface area contributed by atoms with Crippen LogP contribution in [0.2, 0.25) is 0 Å². The lowest BCUT2D eigenvalue weighted by atomic mass is 10.1. The molecule has 1 aromatic rings. The first-order chi connectivity index (χ1) is 7.56. The molecule has 1 atom stereocenters. The number of rotatable bonds is 5. The van der Waals surface area contributed by atoms with Crippen molar-refractivity contribution in [2.24, 2.45) is 0 Å². The van der Waals surface area contributed by atoms with Gasteiger partial charge in [0.05, 0.1) is 12.7 Å². The Bertz CT molecular complexity index is 342. The Morgan fingerprint density at radius 2 is 2.19 bits per heavy atom. The van der Waals surface area contributed by atoms with Gasteiger partial charge in [0, 0.05) is 30.9 Å². The molecule has 0 bridgehead atoms. The molecule has 1 rings (SSSR count). The number of likely N-dealkylation sites (N-methyl/N-ethyl adjacent to an activating group) is 1. The lowest BCUT2D eigenvalue weighted by Crippen LogP contribution is -2.22. The van der Waals surface area contributed by atoms with Crippen LogP contribution < -0.4 is 4.90 Å². The Labute approximate surface area is 105 Å². The van der Waals surface area contributed by atoms with Gasteiger partial charge >= 0.3 is 0 Å². The summed E-state index contributed by atoms with van der Waals surface area (Å²) in [7, 11) is 3.71. The SMILES string of the molecule is COCCN(C)c1ccc([C@H](C)O)c(Br)c1. The Morgan fingerprint density at radius 3 is 2.69 bits per heavy atom. The molecule has 0 heterocycles. The second-order valence-electron chi connectivity index (χ2n) is 3.80. The molecular formula is C12H18BrNO2. The molecule has 90 valence electrons. The van der Waals surface area contributed by atoms with Crippen molar-refractivity contribution in [3.8, 4) is 0 Å². The molecule has 0 radical (unpaired) electrons. The summed E-state index contributed by atoms with van der Waals surface area (Å²) in [6.07, 6.45) is -0.451. The first-order valence-electron chi connectivity index (χ1n) is 5.24. The van der Waals surface area contributed by atoms with E-state index in [9.17, 15) is 5.11 Å². The number of hydrogen-bond acceptors (Lipinski definition) is 3. The summed E-state index contributed by atoms with van der Waals surface area (Å²) < 4.78 is 5.97. The normalized spacial score (nSPS) is 12.6. The monoisotopic (exact) mass is 287 g/mol. The average molecular weight is 288 g/mol. The van der Waals surface area contributed by atoms with Crippen LogP contribution in [0.4, 0.5) is 5.69 Å². The van der Waals surface area contributed by atoms with E-state index >= 15 is 0 Å². The van der Waals surface area contributed by atoms with Crippen molar-refractivity contribution < 1.29 is 9.84 Å². The summed E-state index contributed by atoms with van der Waals surface area (Å²) in [6.45, 7) is 3.30. The topological polar surface area (TPSA) is 32.7 Å². The van der Waals surface area contributed by atoms with Gasteiger partial charge in [-0.15, -0.1) is 0 Å². The van der Waals surface area contributed by atoms with E-state index in [1.807, 2.05) is 25.2 Å². The van der Waals surface area contributed by atoms with E-state index in [1.165, 1.54) is 0 Å². The highest BCUT2D eigenvalue weighted by molar-refractivity contribution is 9.10. The fourth-order valence-electron chi connectivity index (χ4n) is 1.45. The average Bonchev–Trinajstić information content (AvgIpc) is 2.25. The van der Waals surface area contributed by atoms with Crippen molar-refractivity contribution in [1.82, 2.24) is 0 Å². The quantitative estimate of drug-likeness (QED) is 0.904. The van der Waals surface area contributed by atoms with Crippen molar-refractivity contribution in [2.75, 3.05) is 32.2 Å². The molecule has 0 fully saturated rings. The lowest BCUT2D eigenvalue weighted by Gasteiger charge is -2.20. The predicted molar refractivity (Wildman–Crippen MR) is 69.9 cm³/mol. The van der Waals surface area contributed by atoms with Gasteiger partial charge in [0.2, 0.25) is 0 Å². The first kappa shape index (κ1) is 13.5. The van der Waals surface area contributed by atoms with Crippen molar-refractivity contribution in [2.45, 2.75) is 13.0 Å². The molecule has 0 aliphatic rings. The van der Waals surface area contributed by atoms with Crippen molar-refractivity contribution >= 4 is 21.6 Å². The second-order valence-corrected chi connectivity index (χ2v) is 4.65. The Balaban J connectivity index is 2.80. The number of ether oxygens (including phenoxy) is 1. The Morgan fingerprint density at radius 1 is 1.50 bits per heavy atom. The van der Waals surface area contributed by atoms with E-state index in [0.29, 0.717) is 6.61 Å². The largest absolute Gasteiger partial charge is 0.389 e. The molecule has 1 aromatic carbocycles. The number of hydrogen-bond donors (Lipinski definition) is 1. The predicted octanol–water partition coefficient (Wildman–Crippen LogP) is 2.59. The van der Waals surface area contributed by atoms with E-state index in [0.717, 1.165) is 22.3 Å². The van der Waals surface area contributed by atoms with Gasteiger partial charge in [0.1, 0.15) is 0 Å². The van der Waals surface area contributed by atoms with Crippen LogP contribution in [0, 0.1) is 0 Å². The maximum atomic E-state index is 9.51. The van der Waals surface area contributed by atoms with Crippen LogP contribution in [0.15, 0.2) is 22.7 Å². The van der Waals surface area contributed by atoms with Gasteiger partial charge < -0.3 is 14.7 Å². The number of nitrogens with zero attached hydrogens (tertiary/aromatic N) is 1. The van der Waals surface area contributed by atoms with Crippen LogP contribution in [0.25, 0.3) is 0 Å². The Hall–Kier alpha value is -0.580. The first-order valence-corrected chi connectivity index (χ1v) is 6.03. The summed E-state index contributed by atoms with van der Waals surface area (Å²) >= 11 is 3.47. The van der Waals surface area contributed by atoms with E-state index in [-0.39, 0.29) is 0 Å². The molecule has 0 aromatic heterocycles. The molecule has 0 unspecified atom stereocenters. The Kier molecular flexibility index (Phi) is 5.25. The maximum Gasteiger partial charge on any atom is 0.0772 e. The number of halogens is 1. The third-order valence-electron chi connectivity index (χ3n) is 2.51. The molecule has 0 saturated heterocycles. The molecule has 0 spiro atoms. The highest BCUT2D eigenvalue weighted by atomic mass is 79.9. The number of methoxy groups -OCH3 is 1. The summed E-state index contributed by atoms with van der Waals surface area (Å²) in [5.41, 5.74) is 2.01. The number of anilines is 1. The standard InChI is InChI=1S/C12H18BrNO2/c1-9(15)11-5-4-10(8-12(11)13)14(2)6-7-16-3/h4-5,8-9,15H,6-7H2,1-3H3/t9-/m0/s1. The molecule has 0 saturated carbocycles. The van der Waals surface area contributed by atoms with E-state index in [2.05, 4.69) is 20.8 Å². The van der Waals surface area contributed by atoms with Gasteiger partial charge in [-0.05, 0) is 24.6 Å². The molecule has 0 aliphatic carbocycles. The van der Waals surface area contributed by atoms with E-state index in [1.54, 1.807) is 14.0 Å². The fraction of sp³-hybridized carbons (Fsp3) is 0.500. The smallest absolute Gasteiger partial charge is 0.0772 e. The van der Waals surface area contributed by atoms with E-state index < -0.39 is 6.10 Å². The molecule has 0 aliphatic heterocycles. The zero-order chi connectivity index (χ0) is 12.1. The van der Waals surface area contributed by atoms with Gasteiger partial charge in [-0.3, -0.25) is 0 Å². The van der Waals surface area contributed by atoms with Gasteiger partial charge in [-0.2, -0.15) is 0 Å². The minimum absolute atomic E-state index is 0.451. The minimum Gasteiger partial charge on any atom is -0.389 e. The van der Waals surface area contributed by atoms with Crippen LogP contribution in [-0.2, 0) is 4.74 Å². The van der Waals surface area contributed by atoms with Gasteiger partial charge in [-0.25, -0.2) is 0 Å². The van der Waals surface area contributed by atoms with Crippen LogP contribution >= 0.6 is 15.9 Å². The molecule has 3 nitrogen and oxygen atoms in total. The van der Waals surface area contributed by atoms with Crippen LogP contribution in [0.1, 0.15) is 18.6 Å². The minimum atomic E-state index is -0.451. The molecular weight excluding hydrogens is 270 g/mol. The van der Waals surface area contributed by atoms with Crippen molar-refractivity contribution in [3.63, 3.8) is 0 Å². The summed E-state index contributed by atoms with van der Waals surface area (Å²) in [5.74, 6) is 0.